The number of alkyl halides is 1. The summed E-state index contributed by atoms with van der Waals surface area (Å²) in [6.07, 6.45) is 13.8. The lowest BCUT2D eigenvalue weighted by Crippen LogP contribution is -2.16. The van der Waals surface area contributed by atoms with Gasteiger partial charge in [-0.15, -0.1) is 0 Å². The van der Waals surface area contributed by atoms with Gasteiger partial charge in [0.05, 0.1) is 6.07 Å². The number of allylic oxidation sites excluding steroid dienone is 8. The molecule has 0 bridgehead atoms. The van der Waals surface area contributed by atoms with E-state index in [1.54, 1.807) is 6.07 Å². The van der Waals surface area contributed by atoms with Crippen molar-refractivity contribution < 1.29 is 8.78 Å². The number of rotatable bonds is 9. The molecule has 0 aromatic heterocycles. The predicted octanol–water partition coefficient (Wildman–Crippen LogP) is 8.52. The van der Waals surface area contributed by atoms with Crippen molar-refractivity contribution in [2.45, 2.75) is 57.5 Å². The second-order valence-electron chi connectivity index (χ2n) is 9.82. The minimum atomic E-state index is -1.56. The predicted molar refractivity (Wildman–Crippen MR) is 139 cm³/mol. The normalized spacial score (nSPS) is 22.6. The second kappa shape index (κ2) is 11.9. The smallest absolute Gasteiger partial charge is 0.141 e. The summed E-state index contributed by atoms with van der Waals surface area (Å²) in [5.74, 6) is -0.794. The summed E-state index contributed by atoms with van der Waals surface area (Å²) < 4.78 is 27.8. The fourth-order valence-corrected chi connectivity index (χ4v) is 4.95. The Morgan fingerprint density at radius 2 is 1.60 bits per heavy atom. The van der Waals surface area contributed by atoms with Gasteiger partial charge in [-0.25, -0.2) is 8.78 Å². The number of hydrogen-bond donors (Lipinski definition) is 0. The van der Waals surface area contributed by atoms with Gasteiger partial charge in [-0.3, -0.25) is 0 Å². The molecule has 0 N–H and O–H groups in total. The van der Waals surface area contributed by atoms with Gasteiger partial charge >= 0.3 is 0 Å². The highest BCUT2D eigenvalue weighted by molar-refractivity contribution is 5.34. The maximum absolute atomic E-state index is 13.9. The van der Waals surface area contributed by atoms with Crippen LogP contribution < -0.4 is 0 Å². The summed E-state index contributed by atoms with van der Waals surface area (Å²) in [7, 11) is 0. The lowest BCUT2D eigenvalue weighted by Gasteiger charge is -2.20. The Hall–Kier alpha value is -3.25. The summed E-state index contributed by atoms with van der Waals surface area (Å²) in [5, 5.41) is 8.85. The largest absolute Gasteiger partial charge is 0.241 e. The Morgan fingerprint density at radius 3 is 2.17 bits per heavy atom. The van der Waals surface area contributed by atoms with E-state index in [1.807, 2.05) is 0 Å². The molecular formula is C32H33F2N. The minimum absolute atomic E-state index is 0.563. The van der Waals surface area contributed by atoms with E-state index in [9.17, 15) is 8.78 Å². The average Bonchev–Trinajstić information content (AvgIpc) is 2.88. The number of aryl methyl sites for hydroxylation is 2. The van der Waals surface area contributed by atoms with Crippen molar-refractivity contribution in [1.29, 1.82) is 5.26 Å². The van der Waals surface area contributed by atoms with Crippen molar-refractivity contribution >= 4 is 0 Å². The Bertz CT molecular complexity index is 1150. The molecule has 2 aliphatic rings. The van der Waals surface area contributed by atoms with Crippen molar-refractivity contribution in [3.63, 3.8) is 0 Å². The highest BCUT2D eigenvalue weighted by Gasteiger charge is 2.27. The van der Waals surface area contributed by atoms with Crippen molar-refractivity contribution in [3.8, 4) is 6.07 Å². The fraction of sp³-hybridized carbons (Fsp3) is 0.344. The van der Waals surface area contributed by atoms with E-state index in [2.05, 4.69) is 79.7 Å². The lowest BCUT2D eigenvalue weighted by molar-refractivity contribution is 0.316. The number of nitrogens with zero attached hydrogens (tertiary/aromatic N) is 1. The first kappa shape index (κ1) is 24.9. The first-order valence-electron chi connectivity index (χ1n) is 12.6. The van der Waals surface area contributed by atoms with E-state index in [0.29, 0.717) is 23.8 Å². The van der Waals surface area contributed by atoms with Crippen LogP contribution in [0.1, 0.15) is 55.2 Å². The second-order valence-corrected chi connectivity index (χ2v) is 9.82. The molecule has 0 fully saturated rings. The van der Waals surface area contributed by atoms with Crippen molar-refractivity contribution in [3.05, 3.63) is 119 Å². The Labute approximate surface area is 208 Å². The van der Waals surface area contributed by atoms with Gasteiger partial charge in [0, 0.05) is 0 Å². The van der Waals surface area contributed by atoms with Crippen LogP contribution in [0.4, 0.5) is 8.78 Å². The molecule has 0 spiro atoms. The molecule has 0 saturated carbocycles. The molecule has 2 aliphatic carbocycles. The molecule has 0 amide bonds. The number of hydrogen-bond acceptors (Lipinski definition) is 1. The topological polar surface area (TPSA) is 23.8 Å². The molecule has 1 nitrogen and oxygen atoms in total. The monoisotopic (exact) mass is 469 g/mol. The molecular weight excluding hydrogens is 436 g/mol. The Kier molecular flexibility index (Phi) is 8.48. The number of benzene rings is 2. The average molecular weight is 470 g/mol. The van der Waals surface area contributed by atoms with Crippen LogP contribution in [0.3, 0.4) is 0 Å². The minimum Gasteiger partial charge on any atom is -0.241 e. The molecule has 0 aliphatic heterocycles. The van der Waals surface area contributed by atoms with Crippen LogP contribution in [0.25, 0.3) is 0 Å². The van der Waals surface area contributed by atoms with Crippen LogP contribution in [0.5, 0.6) is 0 Å². The van der Waals surface area contributed by atoms with E-state index >= 15 is 0 Å². The third-order valence-corrected chi connectivity index (χ3v) is 7.17. The summed E-state index contributed by atoms with van der Waals surface area (Å²) >= 11 is 0. The summed E-state index contributed by atoms with van der Waals surface area (Å²) in [6, 6.07) is 21.0. The molecule has 4 atom stereocenters. The van der Waals surface area contributed by atoms with Gasteiger partial charge in [0.2, 0.25) is 0 Å². The summed E-state index contributed by atoms with van der Waals surface area (Å²) in [4.78, 5) is 0. The Morgan fingerprint density at radius 1 is 0.943 bits per heavy atom. The van der Waals surface area contributed by atoms with E-state index in [-0.39, 0.29) is 0 Å². The van der Waals surface area contributed by atoms with Gasteiger partial charge in [0.1, 0.15) is 17.9 Å². The van der Waals surface area contributed by atoms with Crippen molar-refractivity contribution in [2.75, 3.05) is 0 Å². The van der Waals surface area contributed by atoms with Crippen LogP contribution in [0.2, 0.25) is 0 Å². The van der Waals surface area contributed by atoms with Crippen LogP contribution in [-0.2, 0) is 12.8 Å². The van der Waals surface area contributed by atoms with E-state index < -0.39 is 17.9 Å². The quantitative estimate of drug-likeness (QED) is 0.361. The van der Waals surface area contributed by atoms with Crippen molar-refractivity contribution in [2.24, 2.45) is 11.8 Å². The maximum atomic E-state index is 13.9. The molecule has 2 aromatic rings. The van der Waals surface area contributed by atoms with Gasteiger partial charge in [-0.2, -0.15) is 5.26 Å². The first-order chi connectivity index (χ1) is 17.0. The standard InChI is InChI=1S/C32H33F2N/c1-23(29-5-3-2-4-6-29)19-27-16-13-26(14-17-27)12-9-24-7-10-25(11-8-24)15-18-28-20-31(33)30(22-35)32(34)21-28/h2-8,10-11,13-14,16,20-21,23,27,30-31H,9,12,15,17-19H2,1H3/t23-,27?,30?,31?/m0/s1. The zero-order valence-electron chi connectivity index (χ0n) is 20.3. The lowest BCUT2D eigenvalue weighted by atomic mass is 9.85. The van der Waals surface area contributed by atoms with Crippen LogP contribution in [0.15, 0.2) is 102 Å². The third-order valence-electron chi connectivity index (χ3n) is 7.17. The Balaban J connectivity index is 1.21. The zero-order valence-corrected chi connectivity index (χ0v) is 20.3. The van der Waals surface area contributed by atoms with E-state index in [0.717, 1.165) is 31.2 Å². The van der Waals surface area contributed by atoms with Gasteiger partial charge in [0.15, 0.2) is 0 Å². The number of halogens is 2. The van der Waals surface area contributed by atoms with Gasteiger partial charge < -0.3 is 0 Å². The molecule has 0 radical (unpaired) electrons. The fourth-order valence-electron chi connectivity index (χ4n) is 4.95. The number of nitriles is 1. The zero-order chi connectivity index (χ0) is 24.6. The molecule has 3 heteroatoms. The molecule has 2 aromatic carbocycles. The highest BCUT2D eigenvalue weighted by Crippen LogP contribution is 2.31. The van der Waals surface area contributed by atoms with Crippen molar-refractivity contribution in [1.82, 2.24) is 0 Å². The van der Waals surface area contributed by atoms with Crippen LogP contribution >= 0.6 is 0 Å². The molecule has 3 unspecified atom stereocenters. The highest BCUT2D eigenvalue weighted by atomic mass is 19.1. The van der Waals surface area contributed by atoms with Gasteiger partial charge in [-0.05, 0) is 84.8 Å². The van der Waals surface area contributed by atoms with E-state index in [4.69, 9.17) is 5.26 Å². The summed E-state index contributed by atoms with van der Waals surface area (Å²) in [5.41, 5.74) is 5.89. The third kappa shape index (κ3) is 6.89. The summed E-state index contributed by atoms with van der Waals surface area (Å²) in [6.45, 7) is 2.31. The SMILES string of the molecule is C[C@@H](CC1C=CC(CCc2ccc(CCC3=CC(F)C(C#N)C(F)=C3)cc2)=CC1)c1ccccc1. The molecule has 0 saturated heterocycles. The molecule has 35 heavy (non-hydrogen) atoms. The van der Waals surface area contributed by atoms with Gasteiger partial charge in [-0.1, -0.05) is 85.3 Å². The van der Waals surface area contributed by atoms with Crippen LogP contribution in [-0.4, -0.2) is 6.17 Å². The maximum Gasteiger partial charge on any atom is 0.141 e. The van der Waals surface area contributed by atoms with Crippen LogP contribution in [0, 0.1) is 23.2 Å². The molecule has 0 heterocycles. The first-order valence-corrected chi connectivity index (χ1v) is 12.6. The molecule has 180 valence electrons. The molecule has 4 rings (SSSR count). The van der Waals surface area contributed by atoms with Gasteiger partial charge in [0.25, 0.3) is 0 Å². The van der Waals surface area contributed by atoms with E-state index in [1.165, 1.54) is 35.3 Å².